The fourth-order valence-corrected chi connectivity index (χ4v) is 4.56. The summed E-state index contributed by atoms with van der Waals surface area (Å²) >= 11 is 0. The van der Waals surface area contributed by atoms with Crippen molar-refractivity contribution in [2.24, 2.45) is 0 Å². The van der Waals surface area contributed by atoms with Gasteiger partial charge in [-0.15, -0.1) is 0 Å². The Labute approximate surface area is 223 Å². The maximum atomic E-state index is 13.9. The molecule has 0 saturated carbocycles. The SMILES string of the molecule is CNC1CCN(Cc2ccc(NC(=O)c3cncc(C#Cc4cnc5cccnn45)c3)cc2C(F)(F)F)CC1. The van der Waals surface area contributed by atoms with Gasteiger partial charge < -0.3 is 10.6 Å². The van der Waals surface area contributed by atoms with Crippen molar-refractivity contribution in [1.82, 2.24) is 29.8 Å². The van der Waals surface area contributed by atoms with E-state index in [0.717, 1.165) is 32.0 Å². The van der Waals surface area contributed by atoms with E-state index in [1.54, 1.807) is 29.0 Å². The third kappa shape index (κ3) is 6.25. The highest BCUT2D eigenvalue weighted by atomic mass is 19.4. The van der Waals surface area contributed by atoms with Crippen LogP contribution in [0.15, 0.2) is 61.2 Å². The van der Waals surface area contributed by atoms with E-state index in [1.165, 1.54) is 30.6 Å². The zero-order valence-electron chi connectivity index (χ0n) is 21.2. The molecule has 200 valence electrons. The van der Waals surface area contributed by atoms with E-state index in [-0.39, 0.29) is 23.4 Å². The van der Waals surface area contributed by atoms with Crippen LogP contribution in [0.5, 0.6) is 0 Å². The summed E-state index contributed by atoms with van der Waals surface area (Å²) in [5.41, 5.74) is 1.32. The Morgan fingerprint density at radius 2 is 1.92 bits per heavy atom. The lowest BCUT2D eigenvalue weighted by molar-refractivity contribution is -0.138. The molecule has 4 aromatic rings. The van der Waals surface area contributed by atoms with Crippen LogP contribution in [0.3, 0.4) is 0 Å². The van der Waals surface area contributed by atoms with E-state index in [2.05, 4.69) is 37.5 Å². The van der Waals surface area contributed by atoms with Crippen LogP contribution in [0, 0.1) is 11.8 Å². The second kappa shape index (κ2) is 11.2. The zero-order valence-corrected chi connectivity index (χ0v) is 21.2. The number of halogens is 3. The molecule has 1 fully saturated rings. The summed E-state index contributed by atoms with van der Waals surface area (Å²) in [5, 5.41) is 9.99. The molecule has 8 nitrogen and oxygen atoms in total. The summed E-state index contributed by atoms with van der Waals surface area (Å²) in [6.07, 6.45) is 3.27. The lowest BCUT2D eigenvalue weighted by atomic mass is 10.0. The molecule has 0 aliphatic carbocycles. The first-order valence-corrected chi connectivity index (χ1v) is 12.5. The summed E-state index contributed by atoms with van der Waals surface area (Å²) in [7, 11) is 1.90. The normalized spacial score (nSPS) is 14.7. The third-order valence-corrected chi connectivity index (χ3v) is 6.68. The number of piperidine rings is 1. The molecule has 39 heavy (non-hydrogen) atoms. The van der Waals surface area contributed by atoms with Gasteiger partial charge in [-0.1, -0.05) is 12.0 Å². The molecule has 1 amide bonds. The van der Waals surface area contributed by atoms with E-state index >= 15 is 0 Å². The number of carbonyl (C=O) groups excluding carboxylic acids is 1. The highest BCUT2D eigenvalue weighted by Gasteiger charge is 2.34. The largest absolute Gasteiger partial charge is 0.416 e. The quantitative estimate of drug-likeness (QED) is 0.378. The van der Waals surface area contributed by atoms with Gasteiger partial charge in [0.15, 0.2) is 5.65 Å². The summed E-state index contributed by atoms with van der Waals surface area (Å²) in [6, 6.07) is 9.41. The monoisotopic (exact) mass is 533 g/mol. The average molecular weight is 534 g/mol. The van der Waals surface area contributed by atoms with Gasteiger partial charge in [0, 0.05) is 42.4 Å². The molecule has 1 saturated heterocycles. The second-order valence-corrected chi connectivity index (χ2v) is 9.31. The first kappa shape index (κ1) is 26.3. The number of likely N-dealkylation sites (tertiary alicyclic amines) is 1. The number of nitrogens with one attached hydrogen (secondary N) is 2. The molecule has 1 aliphatic heterocycles. The lowest BCUT2D eigenvalue weighted by Crippen LogP contribution is -2.41. The molecule has 3 aromatic heterocycles. The van der Waals surface area contributed by atoms with Crippen LogP contribution < -0.4 is 10.6 Å². The molecule has 1 aromatic carbocycles. The predicted octanol–water partition coefficient (Wildman–Crippen LogP) is 3.98. The standard InChI is InChI=1S/C28H26F3N7O/c1-32-22-8-11-37(12-9-22)18-20-5-6-23(14-25(20)28(29,30)31)36-27(39)21-13-19(15-33-16-21)4-7-24-17-34-26-3-2-10-35-38(24)26/h2-3,5-6,10,13-17,22,32H,8-9,11-12,18H2,1H3,(H,36,39). The lowest BCUT2D eigenvalue weighted by Gasteiger charge is -2.32. The first-order valence-electron chi connectivity index (χ1n) is 12.5. The molecule has 0 spiro atoms. The number of amides is 1. The van der Waals surface area contributed by atoms with Gasteiger partial charge in [-0.2, -0.15) is 18.3 Å². The van der Waals surface area contributed by atoms with Crippen molar-refractivity contribution in [2.75, 3.05) is 25.5 Å². The smallest absolute Gasteiger partial charge is 0.322 e. The summed E-state index contributed by atoms with van der Waals surface area (Å²) < 4.78 is 43.4. The van der Waals surface area contributed by atoms with Crippen LogP contribution in [0.1, 0.15) is 45.6 Å². The van der Waals surface area contributed by atoms with Crippen LogP contribution in [0.4, 0.5) is 18.9 Å². The minimum atomic E-state index is -4.55. The fraction of sp³-hybridized carbons (Fsp3) is 0.286. The maximum absolute atomic E-state index is 13.9. The van der Waals surface area contributed by atoms with Crippen LogP contribution in [-0.4, -0.2) is 56.6 Å². The molecule has 0 atom stereocenters. The van der Waals surface area contributed by atoms with Crippen molar-refractivity contribution in [3.63, 3.8) is 0 Å². The first-order chi connectivity index (χ1) is 18.8. The highest BCUT2D eigenvalue weighted by molar-refractivity contribution is 6.04. The number of pyridine rings is 1. The zero-order chi connectivity index (χ0) is 27.4. The Kier molecular flexibility index (Phi) is 7.58. The molecule has 0 bridgehead atoms. The van der Waals surface area contributed by atoms with Crippen molar-refractivity contribution in [2.45, 2.75) is 31.6 Å². The topological polar surface area (TPSA) is 87.5 Å². The van der Waals surface area contributed by atoms with E-state index in [0.29, 0.717) is 22.9 Å². The van der Waals surface area contributed by atoms with Crippen LogP contribution >= 0.6 is 0 Å². The number of alkyl halides is 3. The Balaban J connectivity index is 1.31. The van der Waals surface area contributed by atoms with Crippen LogP contribution in [0.25, 0.3) is 5.65 Å². The Morgan fingerprint density at radius 3 is 2.69 bits per heavy atom. The third-order valence-electron chi connectivity index (χ3n) is 6.68. The van der Waals surface area contributed by atoms with E-state index in [4.69, 9.17) is 0 Å². The molecule has 0 radical (unpaired) electrons. The number of aromatic nitrogens is 4. The summed E-state index contributed by atoms with van der Waals surface area (Å²) in [4.78, 5) is 23.2. The summed E-state index contributed by atoms with van der Waals surface area (Å²) in [6.45, 7) is 1.65. The Bertz CT molecular complexity index is 1550. The van der Waals surface area contributed by atoms with E-state index in [1.807, 2.05) is 11.9 Å². The number of anilines is 1. The highest BCUT2D eigenvalue weighted by Crippen LogP contribution is 2.35. The van der Waals surface area contributed by atoms with Crippen molar-refractivity contribution in [1.29, 1.82) is 0 Å². The van der Waals surface area contributed by atoms with Crippen molar-refractivity contribution in [3.8, 4) is 11.8 Å². The molecule has 0 unspecified atom stereocenters. The van der Waals surface area contributed by atoms with Gasteiger partial charge in [0.2, 0.25) is 0 Å². The van der Waals surface area contributed by atoms with Crippen LogP contribution in [0.2, 0.25) is 0 Å². The maximum Gasteiger partial charge on any atom is 0.416 e. The van der Waals surface area contributed by atoms with Gasteiger partial charge in [0.1, 0.15) is 5.69 Å². The molecule has 2 N–H and O–H groups in total. The number of hydrogen-bond acceptors (Lipinski definition) is 6. The van der Waals surface area contributed by atoms with Crippen molar-refractivity contribution in [3.05, 3.63) is 89.1 Å². The number of carbonyl (C=O) groups is 1. The summed E-state index contributed by atoms with van der Waals surface area (Å²) in [5.74, 6) is 5.30. The van der Waals surface area contributed by atoms with Crippen LogP contribution in [-0.2, 0) is 12.7 Å². The van der Waals surface area contributed by atoms with Gasteiger partial charge in [0.05, 0.1) is 17.3 Å². The van der Waals surface area contributed by atoms with E-state index in [9.17, 15) is 18.0 Å². The Hall–Kier alpha value is -4.27. The molecular weight excluding hydrogens is 507 g/mol. The van der Waals surface area contributed by atoms with Gasteiger partial charge in [-0.05, 0) is 74.8 Å². The number of rotatable bonds is 5. The fourth-order valence-electron chi connectivity index (χ4n) is 4.56. The Morgan fingerprint density at radius 1 is 1.10 bits per heavy atom. The number of benzene rings is 1. The second-order valence-electron chi connectivity index (χ2n) is 9.31. The molecule has 1 aliphatic rings. The average Bonchev–Trinajstić information content (AvgIpc) is 3.36. The molecule has 4 heterocycles. The van der Waals surface area contributed by atoms with Gasteiger partial charge in [0.25, 0.3) is 5.91 Å². The minimum Gasteiger partial charge on any atom is -0.322 e. The predicted molar refractivity (Wildman–Crippen MR) is 140 cm³/mol. The molecular formula is C28H26F3N7O. The molecule has 5 rings (SSSR count). The van der Waals surface area contributed by atoms with Gasteiger partial charge >= 0.3 is 6.18 Å². The van der Waals surface area contributed by atoms with Crippen molar-refractivity contribution < 1.29 is 18.0 Å². The number of hydrogen-bond donors (Lipinski definition) is 2. The number of imidazole rings is 1. The van der Waals surface area contributed by atoms with E-state index < -0.39 is 17.6 Å². The van der Waals surface area contributed by atoms with Gasteiger partial charge in [-0.3, -0.25) is 14.7 Å². The molecule has 11 heteroatoms. The number of nitrogens with zero attached hydrogens (tertiary/aromatic N) is 5. The van der Waals surface area contributed by atoms with Gasteiger partial charge in [-0.25, -0.2) is 9.50 Å². The minimum absolute atomic E-state index is 0.0539. The van der Waals surface area contributed by atoms with Crippen molar-refractivity contribution >= 4 is 17.2 Å². The number of fused-ring (bicyclic) bond motifs is 1.